The quantitative estimate of drug-likeness (QED) is 0.155. The topological polar surface area (TPSA) is 15.3 Å². The molecule has 8 fully saturated rings. The standard InChI is InChI=1S/C62H51N.C37H37N.C25H15Br/c1-60(2)54-15-7-3-14-51(54)53-34-46(28-30-55(53)60)63(45-25-21-43(22-26-45)42-19-23-44(24-20-42)61-36-39-31-40(37-61)33-41(32-39)38-61)47-27-29-52-50-13-6-10-18-58(50)62(59(52)35-47)56-16-8-4-11-48(56)49-12-5-9-17-57(49)62;1-36(2)34-6-4-3-5-32(34)33-20-31(15-16-35(33)36)38-30-13-9-28(10-14-30)27-7-11-29(12-8-27)37-21-24-17-25(22-37)19-26(18-24)23-37;26-16-13-14-20-19-9-3-6-12-23(19)25(24(20)15-16)21-10-4-1-7-17(21)18-8-2-5-11-22(18)25/h3-30,34-35,39-41H,31-33,36-38H2,1-2H3;3-16,20,24-26,38H,17-19,21-23H2,1-2H3;1-15H. The zero-order chi connectivity index (χ0) is 84.4. The van der Waals surface area contributed by atoms with E-state index in [1.807, 2.05) is 0 Å². The highest BCUT2D eigenvalue weighted by Gasteiger charge is 2.56. The number of rotatable bonds is 9. The van der Waals surface area contributed by atoms with Gasteiger partial charge in [-0.2, -0.15) is 0 Å². The summed E-state index contributed by atoms with van der Waals surface area (Å²) in [6.07, 6.45) is 17.5. The maximum absolute atomic E-state index is 3.72. The smallest absolute Gasteiger partial charge is 0.0726 e. The van der Waals surface area contributed by atoms with Gasteiger partial charge in [0.1, 0.15) is 0 Å². The third-order valence-corrected chi connectivity index (χ3v) is 34.1. The molecule has 1 N–H and O–H groups in total. The van der Waals surface area contributed by atoms with Gasteiger partial charge in [-0.3, -0.25) is 0 Å². The van der Waals surface area contributed by atoms with E-state index in [1.165, 1.54) is 244 Å². The van der Waals surface area contributed by atoms with Crippen LogP contribution in [0.3, 0.4) is 0 Å². The third-order valence-electron chi connectivity index (χ3n) is 33.6. The van der Waals surface area contributed by atoms with Crippen molar-refractivity contribution < 1.29 is 0 Å². The van der Waals surface area contributed by atoms with E-state index >= 15 is 0 Å². The molecule has 16 aromatic rings. The van der Waals surface area contributed by atoms with Gasteiger partial charge < -0.3 is 10.2 Å². The summed E-state index contributed by atoms with van der Waals surface area (Å²) in [7, 11) is 0. The molecule has 0 radical (unpaired) electrons. The highest BCUT2D eigenvalue weighted by Crippen LogP contribution is 2.68. The molecule has 14 aliphatic carbocycles. The van der Waals surface area contributed by atoms with E-state index in [-0.39, 0.29) is 16.2 Å². The van der Waals surface area contributed by atoms with Gasteiger partial charge in [0.05, 0.1) is 10.8 Å². The number of nitrogens with zero attached hydrogens (tertiary/aromatic N) is 1. The van der Waals surface area contributed by atoms with Crippen LogP contribution in [-0.2, 0) is 32.5 Å². The first kappa shape index (κ1) is 75.9. The number of hydrogen-bond acceptors (Lipinski definition) is 2. The molecule has 2 spiro atoms. The third kappa shape index (κ3) is 11.3. The summed E-state index contributed by atoms with van der Waals surface area (Å²) in [6, 6.07) is 138. The minimum atomic E-state index is -0.409. The van der Waals surface area contributed by atoms with Crippen LogP contribution in [0, 0.1) is 35.5 Å². The fourth-order valence-corrected chi connectivity index (χ4v) is 29.4. The van der Waals surface area contributed by atoms with E-state index in [1.54, 1.807) is 11.1 Å². The molecule has 0 aromatic heterocycles. The summed E-state index contributed by atoms with van der Waals surface area (Å²) in [5.41, 5.74) is 47.2. The summed E-state index contributed by atoms with van der Waals surface area (Å²) >= 11 is 3.72. The summed E-state index contributed by atoms with van der Waals surface area (Å²) in [4.78, 5) is 2.51. The molecule has 16 aromatic carbocycles. The second-order valence-electron chi connectivity index (χ2n) is 41.2. The van der Waals surface area contributed by atoms with Crippen LogP contribution >= 0.6 is 15.9 Å². The van der Waals surface area contributed by atoms with E-state index in [4.69, 9.17) is 0 Å². The van der Waals surface area contributed by atoms with Gasteiger partial charge >= 0.3 is 0 Å². The Hall–Kier alpha value is -12.4. The van der Waals surface area contributed by atoms with Gasteiger partial charge in [0.25, 0.3) is 0 Å². The minimum Gasteiger partial charge on any atom is -0.356 e. The molecule has 0 saturated heterocycles. The second-order valence-corrected chi connectivity index (χ2v) is 42.1. The molecule has 0 aliphatic heterocycles. The van der Waals surface area contributed by atoms with Gasteiger partial charge in [0.15, 0.2) is 0 Å². The molecule has 127 heavy (non-hydrogen) atoms. The Balaban J connectivity index is 0.000000113. The Morgan fingerprint density at radius 2 is 0.496 bits per heavy atom. The van der Waals surface area contributed by atoms with Crippen LogP contribution in [0.25, 0.3) is 89.0 Å². The Bertz CT molecular complexity index is 7000. The first-order chi connectivity index (χ1) is 62.2. The van der Waals surface area contributed by atoms with Crippen LogP contribution in [0.15, 0.2) is 368 Å². The van der Waals surface area contributed by atoms with Crippen molar-refractivity contribution in [3.05, 3.63) is 446 Å². The molecule has 0 atom stereocenters. The maximum atomic E-state index is 3.72. The molecule has 0 unspecified atom stereocenters. The number of anilines is 5. The lowest BCUT2D eigenvalue weighted by atomic mass is 9.48. The number of hydrogen-bond donors (Lipinski definition) is 1. The molecule has 14 aliphatic rings. The molecular formula is C124H103BrN2. The van der Waals surface area contributed by atoms with Crippen molar-refractivity contribution in [2.75, 3.05) is 10.2 Å². The minimum absolute atomic E-state index is 0.0529. The monoisotopic (exact) mass is 1700 g/mol. The Morgan fingerprint density at radius 1 is 0.228 bits per heavy atom. The van der Waals surface area contributed by atoms with Crippen LogP contribution in [0.1, 0.15) is 183 Å². The Kier molecular flexibility index (Phi) is 16.9. The van der Waals surface area contributed by atoms with Crippen molar-refractivity contribution in [2.45, 2.75) is 137 Å². The maximum Gasteiger partial charge on any atom is 0.0726 e. The molecule has 0 amide bonds. The summed E-state index contributed by atoms with van der Waals surface area (Å²) in [5, 5.41) is 3.65. The molecular weight excluding hydrogens is 1600 g/mol. The van der Waals surface area contributed by atoms with E-state index in [2.05, 4.69) is 418 Å². The first-order valence-corrected chi connectivity index (χ1v) is 48.0. The molecule has 0 heterocycles. The highest BCUT2D eigenvalue weighted by molar-refractivity contribution is 9.10. The largest absolute Gasteiger partial charge is 0.356 e. The summed E-state index contributed by atoms with van der Waals surface area (Å²) < 4.78 is 1.13. The van der Waals surface area contributed by atoms with Crippen molar-refractivity contribution in [2.24, 2.45) is 35.5 Å². The molecule has 30 rings (SSSR count). The zero-order valence-electron chi connectivity index (χ0n) is 72.9. The average molecular weight is 1700 g/mol. The summed E-state index contributed by atoms with van der Waals surface area (Å²) in [6.45, 7) is 9.41. The van der Waals surface area contributed by atoms with Crippen molar-refractivity contribution >= 4 is 44.4 Å². The average Bonchev–Trinajstić information content (AvgIpc) is 1.51. The molecule has 3 heteroatoms. The van der Waals surface area contributed by atoms with Gasteiger partial charge in [0.2, 0.25) is 0 Å². The van der Waals surface area contributed by atoms with Crippen LogP contribution in [0.2, 0.25) is 0 Å². The van der Waals surface area contributed by atoms with Gasteiger partial charge in [-0.05, 0) is 363 Å². The van der Waals surface area contributed by atoms with Crippen molar-refractivity contribution in [3.63, 3.8) is 0 Å². The molecule has 616 valence electrons. The lowest BCUT2D eigenvalue weighted by molar-refractivity contribution is -0.00530. The van der Waals surface area contributed by atoms with Crippen LogP contribution in [-0.4, -0.2) is 0 Å². The fraction of sp³-hybridized carbons (Fsp3) is 0.226. The normalized spacial score (nSPS) is 22.6. The number of nitrogens with one attached hydrogen (secondary N) is 1. The summed E-state index contributed by atoms with van der Waals surface area (Å²) in [5.74, 6) is 5.84. The van der Waals surface area contributed by atoms with E-state index < -0.39 is 5.41 Å². The van der Waals surface area contributed by atoms with Crippen molar-refractivity contribution in [1.82, 2.24) is 0 Å². The van der Waals surface area contributed by atoms with Gasteiger partial charge in [-0.1, -0.05) is 335 Å². The number of benzene rings is 16. The number of fused-ring (bicyclic) bond motifs is 26. The molecule has 8 saturated carbocycles. The first-order valence-electron chi connectivity index (χ1n) is 47.2. The zero-order valence-corrected chi connectivity index (χ0v) is 74.5. The second kappa shape index (κ2) is 28.3. The fourth-order valence-electron chi connectivity index (χ4n) is 29.1. The van der Waals surface area contributed by atoms with E-state index in [9.17, 15) is 0 Å². The molecule has 8 bridgehead atoms. The Morgan fingerprint density at radius 3 is 0.882 bits per heavy atom. The lowest BCUT2D eigenvalue weighted by Crippen LogP contribution is -2.48. The highest BCUT2D eigenvalue weighted by atomic mass is 79.9. The van der Waals surface area contributed by atoms with Crippen molar-refractivity contribution in [1.29, 1.82) is 0 Å². The van der Waals surface area contributed by atoms with E-state index in [0.29, 0.717) is 10.8 Å². The Labute approximate surface area is 757 Å². The predicted molar refractivity (Wildman–Crippen MR) is 530 cm³/mol. The van der Waals surface area contributed by atoms with Crippen LogP contribution < -0.4 is 10.2 Å². The SMILES string of the molecule is Brc1ccc2c(c1)C1(c3ccccc3-c3ccccc31)c1ccccc1-2.CC1(C)c2ccccc2-c2cc(N(c3ccc(-c4ccc(C56CC7CC(CC(C7)C5)C6)cc4)cc3)c3ccc4c(c3)C3(c5ccccc5-c5ccccc53)c3ccccc3-4)ccc21.CC1(C)c2ccccc2-c2cc(Nc3ccc(-c4ccc(C56CC7CC(CC(C7)C5)C6)cc4)cc3)ccc21. The number of halogens is 1. The molecule has 2 nitrogen and oxygen atoms in total. The van der Waals surface area contributed by atoms with E-state index in [0.717, 1.165) is 57.0 Å². The van der Waals surface area contributed by atoms with Crippen LogP contribution in [0.5, 0.6) is 0 Å². The van der Waals surface area contributed by atoms with Crippen molar-refractivity contribution in [3.8, 4) is 89.0 Å². The van der Waals surface area contributed by atoms with Gasteiger partial charge in [0, 0.05) is 43.7 Å². The predicted octanol–water partition coefficient (Wildman–Crippen LogP) is 32.6. The van der Waals surface area contributed by atoms with Gasteiger partial charge in [-0.15, -0.1) is 0 Å². The lowest BCUT2D eigenvalue weighted by Gasteiger charge is -2.57. The van der Waals surface area contributed by atoms with Gasteiger partial charge in [-0.25, -0.2) is 0 Å². The van der Waals surface area contributed by atoms with Crippen LogP contribution in [0.4, 0.5) is 28.4 Å².